The number of thiazole rings is 1. The van der Waals surface area contributed by atoms with Gasteiger partial charge in [-0.05, 0) is 42.5 Å². The molecular formula is C28H22F4N6O2S2. The number of para-hydroxylation sites is 1. The zero-order valence-corrected chi connectivity index (χ0v) is 23.4. The number of benzene rings is 2. The Labute approximate surface area is 245 Å². The fourth-order valence-corrected chi connectivity index (χ4v) is 6.32. The zero-order valence-electron chi connectivity index (χ0n) is 21.8. The summed E-state index contributed by atoms with van der Waals surface area (Å²) in [4.78, 5) is 21.1. The number of aromatic nitrogens is 4. The molecule has 1 amide bonds. The van der Waals surface area contributed by atoms with Crippen LogP contribution in [0.25, 0.3) is 17.3 Å². The number of anilines is 1. The fourth-order valence-electron chi connectivity index (χ4n) is 4.59. The summed E-state index contributed by atoms with van der Waals surface area (Å²) in [6, 6.07) is 14.9. The summed E-state index contributed by atoms with van der Waals surface area (Å²) >= 11 is 2.63. The molecule has 1 aliphatic heterocycles. The van der Waals surface area contributed by atoms with Crippen LogP contribution in [0.4, 0.5) is 23.2 Å². The van der Waals surface area contributed by atoms with Gasteiger partial charge in [0.2, 0.25) is 5.82 Å². The predicted molar refractivity (Wildman–Crippen MR) is 150 cm³/mol. The molecule has 1 saturated heterocycles. The molecule has 0 N–H and O–H groups in total. The highest BCUT2D eigenvalue weighted by molar-refractivity contribution is 7.98. The quantitative estimate of drug-likeness (QED) is 0.155. The highest BCUT2D eigenvalue weighted by Crippen LogP contribution is 2.33. The van der Waals surface area contributed by atoms with Crippen LogP contribution in [-0.2, 0) is 11.9 Å². The van der Waals surface area contributed by atoms with Gasteiger partial charge in [0.1, 0.15) is 16.5 Å². The van der Waals surface area contributed by atoms with Gasteiger partial charge < -0.3 is 14.2 Å². The normalized spacial score (nSPS) is 14.0. The van der Waals surface area contributed by atoms with Crippen molar-refractivity contribution in [3.63, 3.8) is 0 Å². The van der Waals surface area contributed by atoms with Crippen molar-refractivity contribution in [2.45, 2.75) is 17.1 Å². The van der Waals surface area contributed by atoms with Gasteiger partial charge in [-0.25, -0.2) is 9.37 Å². The second-order valence-corrected chi connectivity index (χ2v) is 11.2. The summed E-state index contributed by atoms with van der Waals surface area (Å²) < 4.78 is 61.2. The van der Waals surface area contributed by atoms with Crippen molar-refractivity contribution in [2.24, 2.45) is 0 Å². The Morgan fingerprint density at radius 3 is 2.55 bits per heavy atom. The fraction of sp³-hybridized carbons (Fsp3) is 0.214. The maximum atomic E-state index is 14.8. The van der Waals surface area contributed by atoms with Crippen LogP contribution in [0.15, 0.2) is 81.9 Å². The number of hydrogen-bond donors (Lipinski definition) is 0. The van der Waals surface area contributed by atoms with Gasteiger partial charge in [-0.2, -0.15) is 13.2 Å². The van der Waals surface area contributed by atoms with Gasteiger partial charge in [-0.3, -0.25) is 9.36 Å². The van der Waals surface area contributed by atoms with Gasteiger partial charge in [0.25, 0.3) is 5.91 Å². The maximum Gasteiger partial charge on any atom is 0.416 e. The van der Waals surface area contributed by atoms with E-state index in [1.807, 2.05) is 4.90 Å². The van der Waals surface area contributed by atoms with E-state index in [9.17, 15) is 22.4 Å². The third-order valence-electron chi connectivity index (χ3n) is 6.67. The molecule has 6 rings (SSSR count). The number of amides is 1. The molecule has 5 aromatic rings. The minimum atomic E-state index is -4.41. The minimum Gasteiger partial charge on any atom is -0.461 e. The Balaban J connectivity index is 1.11. The molecule has 0 unspecified atom stereocenters. The number of carbonyl (C=O) groups excluding carboxylic acids is 1. The number of piperazine rings is 1. The molecule has 0 saturated carbocycles. The van der Waals surface area contributed by atoms with Crippen molar-refractivity contribution >= 4 is 34.7 Å². The van der Waals surface area contributed by atoms with Crippen molar-refractivity contribution in [1.82, 2.24) is 24.6 Å². The van der Waals surface area contributed by atoms with Crippen LogP contribution in [0.1, 0.15) is 21.1 Å². The van der Waals surface area contributed by atoms with Crippen molar-refractivity contribution in [1.29, 1.82) is 0 Å². The van der Waals surface area contributed by atoms with E-state index < -0.39 is 17.6 Å². The summed E-state index contributed by atoms with van der Waals surface area (Å²) in [6.07, 6.45) is -2.91. The highest BCUT2D eigenvalue weighted by Gasteiger charge is 2.31. The molecule has 1 aliphatic rings. The van der Waals surface area contributed by atoms with E-state index in [0.29, 0.717) is 65.1 Å². The van der Waals surface area contributed by atoms with Crippen LogP contribution in [0.2, 0.25) is 0 Å². The van der Waals surface area contributed by atoms with Gasteiger partial charge in [0, 0.05) is 37.2 Å². The smallest absolute Gasteiger partial charge is 0.416 e. The van der Waals surface area contributed by atoms with Gasteiger partial charge in [0.05, 0.1) is 23.3 Å². The van der Waals surface area contributed by atoms with E-state index in [1.165, 1.54) is 41.5 Å². The Bertz CT molecular complexity index is 1690. The van der Waals surface area contributed by atoms with Crippen LogP contribution in [0.3, 0.4) is 0 Å². The molecule has 216 valence electrons. The molecule has 8 nitrogen and oxygen atoms in total. The number of thioether (sulfide) groups is 1. The Hall–Kier alpha value is -4.17. The molecule has 14 heteroatoms. The van der Waals surface area contributed by atoms with E-state index in [2.05, 4.69) is 15.2 Å². The first kappa shape index (κ1) is 28.0. The number of carbonyl (C=O) groups is 1. The number of halogens is 4. The molecule has 1 fully saturated rings. The van der Waals surface area contributed by atoms with Crippen LogP contribution >= 0.6 is 23.1 Å². The molecule has 4 heterocycles. The van der Waals surface area contributed by atoms with Gasteiger partial charge >= 0.3 is 6.18 Å². The molecular weight excluding hydrogens is 592 g/mol. The second kappa shape index (κ2) is 11.6. The first-order valence-corrected chi connectivity index (χ1v) is 14.7. The van der Waals surface area contributed by atoms with E-state index in [-0.39, 0.29) is 11.6 Å². The number of alkyl halides is 3. The first-order valence-electron chi connectivity index (χ1n) is 12.8. The van der Waals surface area contributed by atoms with Crippen LogP contribution < -0.4 is 4.90 Å². The van der Waals surface area contributed by atoms with E-state index >= 15 is 0 Å². The lowest BCUT2D eigenvalue weighted by Crippen LogP contribution is -2.49. The summed E-state index contributed by atoms with van der Waals surface area (Å²) in [5.41, 5.74) is 0.352. The largest absolute Gasteiger partial charge is 0.461 e. The lowest BCUT2D eigenvalue weighted by Gasteiger charge is -2.36. The lowest BCUT2D eigenvalue weighted by molar-refractivity contribution is -0.137. The predicted octanol–water partition coefficient (Wildman–Crippen LogP) is 6.40. The number of hydrogen-bond acceptors (Lipinski definition) is 8. The van der Waals surface area contributed by atoms with Gasteiger partial charge in [-0.15, -0.1) is 21.5 Å². The van der Waals surface area contributed by atoms with E-state index in [4.69, 9.17) is 4.42 Å². The minimum absolute atomic E-state index is 0.235. The van der Waals surface area contributed by atoms with Crippen LogP contribution in [-0.4, -0.2) is 56.7 Å². The molecule has 0 bridgehead atoms. The molecule has 0 radical (unpaired) electrons. The molecule has 0 aliphatic carbocycles. The number of nitrogens with zero attached hydrogens (tertiary/aromatic N) is 6. The summed E-state index contributed by atoms with van der Waals surface area (Å²) in [5, 5.41) is 11.3. The molecule has 3 aromatic heterocycles. The number of rotatable bonds is 7. The van der Waals surface area contributed by atoms with Crippen LogP contribution in [0, 0.1) is 5.82 Å². The summed E-state index contributed by atoms with van der Waals surface area (Å²) in [6.45, 7) is 1.53. The third kappa shape index (κ3) is 5.77. The van der Waals surface area contributed by atoms with Crippen molar-refractivity contribution in [3.05, 3.63) is 94.4 Å². The Kier molecular flexibility index (Phi) is 7.73. The van der Waals surface area contributed by atoms with Crippen molar-refractivity contribution in [2.75, 3.05) is 31.1 Å². The summed E-state index contributed by atoms with van der Waals surface area (Å²) in [5.74, 6) is 0.481. The second-order valence-electron chi connectivity index (χ2n) is 9.31. The Morgan fingerprint density at radius 1 is 1.00 bits per heavy atom. The SMILES string of the molecule is O=C(c1csc(CSc2nnc(-c3ccco3)n2-c2ccccc2F)n1)N1CCN(c2cccc(C(F)(F)F)c2)CC1. The topological polar surface area (TPSA) is 80.3 Å². The molecule has 2 aromatic carbocycles. The summed E-state index contributed by atoms with van der Waals surface area (Å²) in [7, 11) is 0. The standard InChI is InChI=1S/C28H22F4N6O2S2/c29-20-7-1-2-8-22(20)38-25(23-9-4-14-40-23)34-35-27(38)42-17-24-33-21(16-41-24)26(39)37-12-10-36(11-13-37)19-6-3-5-18(15-19)28(30,31)32/h1-9,14-16H,10-13,17H2. The third-order valence-corrected chi connectivity index (χ3v) is 8.64. The Morgan fingerprint density at radius 2 is 1.81 bits per heavy atom. The monoisotopic (exact) mass is 614 g/mol. The molecule has 0 atom stereocenters. The average Bonchev–Trinajstić information content (AvgIpc) is 3.77. The van der Waals surface area contributed by atoms with E-state index in [0.717, 1.165) is 12.1 Å². The average molecular weight is 615 g/mol. The zero-order chi connectivity index (χ0) is 29.3. The van der Waals surface area contributed by atoms with Crippen LogP contribution in [0.5, 0.6) is 0 Å². The first-order chi connectivity index (χ1) is 20.3. The van der Waals surface area contributed by atoms with Gasteiger partial charge in [0.15, 0.2) is 10.9 Å². The molecule has 42 heavy (non-hydrogen) atoms. The number of furan rings is 1. The van der Waals surface area contributed by atoms with Gasteiger partial charge in [-0.1, -0.05) is 30.0 Å². The highest BCUT2D eigenvalue weighted by atomic mass is 32.2. The molecule has 0 spiro atoms. The lowest BCUT2D eigenvalue weighted by atomic mass is 10.1. The maximum absolute atomic E-state index is 14.8. The van der Waals surface area contributed by atoms with Crippen molar-refractivity contribution in [3.8, 4) is 17.3 Å². The van der Waals surface area contributed by atoms with Crippen molar-refractivity contribution < 1.29 is 26.8 Å². The van der Waals surface area contributed by atoms with E-state index in [1.54, 1.807) is 51.2 Å².